The van der Waals surface area contributed by atoms with Crippen LogP contribution in [0.1, 0.15) is 51.9 Å². The molecule has 0 aliphatic heterocycles. The van der Waals surface area contributed by atoms with Crippen LogP contribution in [0.2, 0.25) is 0 Å². The lowest BCUT2D eigenvalue weighted by Gasteiger charge is -2.02. The average molecular weight is 170 g/mol. The zero-order valence-electron chi connectivity index (χ0n) is 7.84. The zero-order valence-corrected chi connectivity index (χ0v) is 7.84. The molecule has 0 radical (unpaired) electrons. The van der Waals surface area contributed by atoms with Crippen molar-refractivity contribution in [1.29, 1.82) is 0 Å². The fraction of sp³-hybridized carbons (Fsp3) is 0.900. The van der Waals surface area contributed by atoms with Crippen molar-refractivity contribution in [1.82, 2.24) is 0 Å². The molecule has 2 heteroatoms. The first-order valence-electron chi connectivity index (χ1n) is 5.04. The van der Waals surface area contributed by atoms with Gasteiger partial charge in [0.25, 0.3) is 0 Å². The number of hydrogen-bond acceptors (Lipinski definition) is 1. The zero-order chi connectivity index (χ0) is 8.81. The molecule has 0 amide bonds. The maximum atomic E-state index is 10.2. The minimum absolute atomic E-state index is 0.481. The van der Waals surface area contributed by atoms with Crippen molar-refractivity contribution in [2.45, 2.75) is 51.9 Å². The Balaban J connectivity index is 2.22. The number of ketones is 1. The Bertz CT molecular complexity index is 152. The van der Waals surface area contributed by atoms with Gasteiger partial charge in [-0.05, 0) is 19.3 Å². The lowest BCUT2D eigenvalue weighted by molar-refractivity contribution is -1.05. The molecule has 0 aromatic heterocycles. The highest BCUT2D eigenvalue weighted by Gasteiger charge is 2.30. The van der Waals surface area contributed by atoms with E-state index >= 15 is 0 Å². The summed E-state index contributed by atoms with van der Waals surface area (Å²) in [5.41, 5.74) is 0. The van der Waals surface area contributed by atoms with Gasteiger partial charge in [0.1, 0.15) is 0 Å². The van der Waals surface area contributed by atoms with E-state index in [1.165, 1.54) is 25.7 Å². The van der Waals surface area contributed by atoms with Crippen molar-refractivity contribution in [2.24, 2.45) is 5.92 Å². The summed E-state index contributed by atoms with van der Waals surface area (Å²) in [6.07, 6.45) is 8.15. The molecule has 0 N–H and O–H groups in total. The molecule has 0 aromatic rings. The molecule has 1 aliphatic carbocycles. The fourth-order valence-electron chi connectivity index (χ4n) is 1.94. The molecule has 1 fully saturated rings. The van der Waals surface area contributed by atoms with E-state index in [2.05, 4.69) is 11.5 Å². The van der Waals surface area contributed by atoms with Crippen molar-refractivity contribution >= 4 is 5.78 Å². The van der Waals surface area contributed by atoms with Crippen molar-refractivity contribution in [2.75, 3.05) is 0 Å². The van der Waals surface area contributed by atoms with E-state index in [-0.39, 0.29) is 0 Å². The summed E-state index contributed by atoms with van der Waals surface area (Å²) in [4.78, 5) is 0. The number of rotatable bonds is 4. The van der Waals surface area contributed by atoms with Gasteiger partial charge >= 0.3 is 5.78 Å². The van der Waals surface area contributed by atoms with Crippen molar-refractivity contribution in [3.05, 3.63) is 0 Å². The Morgan fingerprint density at radius 2 is 2.33 bits per heavy atom. The Hall–Kier alpha value is -0.530. The van der Waals surface area contributed by atoms with Crippen molar-refractivity contribution in [3.63, 3.8) is 0 Å². The highest BCUT2D eigenvalue weighted by Crippen LogP contribution is 2.26. The van der Waals surface area contributed by atoms with Gasteiger partial charge in [-0.2, -0.15) is 4.58 Å². The Morgan fingerprint density at radius 1 is 1.50 bits per heavy atom. The molecule has 0 spiro atoms. The van der Waals surface area contributed by atoms with Gasteiger partial charge in [-0.1, -0.05) is 26.2 Å². The summed E-state index contributed by atoms with van der Waals surface area (Å²) in [6.45, 7) is 2.20. The van der Waals surface area contributed by atoms with Gasteiger partial charge in [0.2, 0.25) is 0 Å². The molecule has 0 aromatic carbocycles. The summed E-state index contributed by atoms with van der Waals surface area (Å²) in [7, 11) is 0. The second-order valence-electron chi connectivity index (χ2n) is 3.63. The van der Waals surface area contributed by atoms with Crippen LogP contribution < -0.4 is 5.26 Å². The first-order chi connectivity index (χ1) is 5.88. The first-order valence-corrected chi connectivity index (χ1v) is 5.04. The molecule has 1 atom stereocenters. The summed E-state index contributed by atoms with van der Waals surface area (Å²) in [6, 6.07) is 0. The molecule has 1 rings (SSSR count). The van der Waals surface area contributed by atoms with Crippen LogP contribution in [-0.4, -0.2) is 5.78 Å². The number of hydrogen-bond donors (Lipinski definition) is 0. The van der Waals surface area contributed by atoms with Crippen LogP contribution >= 0.6 is 0 Å². The molecule has 0 saturated heterocycles. The van der Waals surface area contributed by atoms with Gasteiger partial charge in [0.15, 0.2) is 0 Å². The molecule has 1 unspecified atom stereocenters. The fourth-order valence-corrected chi connectivity index (χ4v) is 1.94. The van der Waals surface area contributed by atoms with Crippen LogP contribution in [0.5, 0.6) is 0 Å². The maximum Gasteiger partial charge on any atom is 0.332 e. The minimum atomic E-state index is 0.481. The number of carbonyl (C=O) groups excluding carboxylic acids is 1. The third-order valence-electron chi connectivity index (χ3n) is 2.69. The monoisotopic (exact) mass is 170 g/mol. The second kappa shape index (κ2) is 5.18. The summed E-state index contributed by atoms with van der Waals surface area (Å²) >= 11 is 0. The Labute approximate surface area is 74.2 Å². The van der Waals surface area contributed by atoms with E-state index in [1.54, 1.807) is 0 Å². The summed E-state index contributed by atoms with van der Waals surface area (Å²) in [5, 5.41) is 10.2. The first kappa shape index (κ1) is 9.56. The van der Waals surface area contributed by atoms with Crippen LogP contribution in [-0.2, 0) is 4.58 Å². The highest BCUT2D eigenvalue weighted by atomic mass is 17.1. The van der Waals surface area contributed by atoms with Gasteiger partial charge in [0, 0.05) is 0 Å². The smallest absolute Gasteiger partial charge is 0.332 e. The van der Waals surface area contributed by atoms with Crippen molar-refractivity contribution < 1.29 is 9.83 Å². The van der Waals surface area contributed by atoms with E-state index in [9.17, 15) is 5.26 Å². The Kier molecular flexibility index (Phi) is 4.12. The minimum Gasteiger partial charge on any atom is -0.463 e. The van der Waals surface area contributed by atoms with Crippen LogP contribution in [0, 0.1) is 5.92 Å². The van der Waals surface area contributed by atoms with Crippen LogP contribution in [0.25, 0.3) is 0 Å². The van der Waals surface area contributed by atoms with E-state index in [0.717, 1.165) is 25.0 Å². The molecule has 70 valence electrons. The van der Waals surface area contributed by atoms with E-state index in [1.807, 2.05) is 0 Å². The highest BCUT2D eigenvalue weighted by molar-refractivity contribution is 5.82. The van der Waals surface area contributed by atoms with Crippen LogP contribution in [0.3, 0.4) is 0 Å². The lowest BCUT2D eigenvalue weighted by Crippen LogP contribution is -2.14. The van der Waals surface area contributed by atoms with Crippen molar-refractivity contribution in [3.8, 4) is 0 Å². The van der Waals surface area contributed by atoms with Gasteiger partial charge in [-0.3, -0.25) is 0 Å². The van der Waals surface area contributed by atoms with Gasteiger partial charge in [0.05, 0.1) is 12.3 Å². The summed E-state index contributed by atoms with van der Waals surface area (Å²) in [5.74, 6) is 1.29. The van der Waals surface area contributed by atoms with E-state index in [0.29, 0.717) is 5.92 Å². The third kappa shape index (κ3) is 2.50. The quantitative estimate of drug-likeness (QED) is 0.274. The second-order valence-corrected chi connectivity index (χ2v) is 3.63. The lowest BCUT2D eigenvalue weighted by atomic mass is 9.99. The molecule has 12 heavy (non-hydrogen) atoms. The van der Waals surface area contributed by atoms with Crippen LogP contribution in [0.15, 0.2) is 0 Å². The molecule has 1 aliphatic rings. The van der Waals surface area contributed by atoms with Gasteiger partial charge < -0.3 is 5.26 Å². The predicted octanol–water partition coefficient (Wildman–Crippen LogP) is 1.75. The normalized spacial score (nSPS) is 26.8. The molecule has 1 saturated carbocycles. The van der Waals surface area contributed by atoms with Crippen LogP contribution in [0.4, 0.5) is 0 Å². The molecule has 0 heterocycles. The SMILES string of the molecule is CCCCCC1CCCC1=[O+][O-]. The van der Waals surface area contributed by atoms with E-state index in [4.69, 9.17) is 0 Å². The standard InChI is InChI=1S/C10H18O2/c1-2-3-4-6-9-7-5-8-10(9)12-11/h9H,2-8H2,1H3. The summed E-state index contributed by atoms with van der Waals surface area (Å²) < 4.78 is 4.12. The van der Waals surface area contributed by atoms with Gasteiger partial charge in [-0.15, -0.1) is 0 Å². The maximum absolute atomic E-state index is 10.2. The average Bonchev–Trinajstić information content (AvgIpc) is 2.52. The third-order valence-corrected chi connectivity index (χ3v) is 2.69. The largest absolute Gasteiger partial charge is 0.463 e. The topological polar surface area (TPSA) is 34.4 Å². The molecule has 2 nitrogen and oxygen atoms in total. The molecular weight excluding hydrogens is 152 g/mol. The molecule has 0 bridgehead atoms. The predicted molar refractivity (Wildman–Crippen MR) is 46.5 cm³/mol. The van der Waals surface area contributed by atoms with Gasteiger partial charge in [-0.25, -0.2) is 0 Å². The van der Waals surface area contributed by atoms with E-state index < -0.39 is 0 Å². The molecular formula is C10H18O2. The Morgan fingerprint density at radius 3 is 3.00 bits per heavy atom. The number of unbranched alkanes of at least 4 members (excludes halogenated alkanes) is 2.